The summed E-state index contributed by atoms with van der Waals surface area (Å²) in [5, 5.41) is 0. The second kappa shape index (κ2) is 5.82. The number of ether oxygens (including phenoxy) is 1. The van der Waals surface area contributed by atoms with Crippen LogP contribution in [0.15, 0.2) is 66.5 Å². The number of hydrogen-bond donors (Lipinski definition) is 0. The monoisotopic (exact) mass is 255 g/mol. The molecule has 0 unspecified atom stereocenters. The van der Waals surface area contributed by atoms with Crippen LogP contribution in [0.5, 0.6) is 0 Å². The summed E-state index contributed by atoms with van der Waals surface area (Å²) in [7, 11) is 1.29. The van der Waals surface area contributed by atoms with Crippen molar-refractivity contribution in [3.05, 3.63) is 72.1 Å². The summed E-state index contributed by atoms with van der Waals surface area (Å²) in [5.74, 6) is -0.144. The molecule has 1 aromatic rings. The molecule has 0 aromatic heterocycles. The van der Waals surface area contributed by atoms with Gasteiger partial charge in [-0.15, -0.1) is 0 Å². The van der Waals surface area contributed by atoms with E-state index in [-0.39, 0.29) is 5.78 Å². The molecule has 1 aliphatic heterocycles. The predicted octanol–water partition coefficient (Wildman–Crippen LogP) is 2.91. The first-order valence-electron chi connectivity index (χ1n) is 5.75. The quantitative estimate of drug-likeness (QED) is 0.763. The summed E-state index contributed by atoms with van der Waals surface area (Å²) < 4.78 is 4.63. The zero-order valence-electron chi connectivity index (χ0n) is 10.4. The van der Waals surface area contributed by atoms with Gasteiger partial charge in [0.25, 0.3) is 0 Å². The average molecular weight is 255 g/mol. The largest absolute Gasteiger partial charge is 0.452 e. The first-order valence-corrected chi connectivity index (χ1v) is 5.75. The summed E-state index contributed by atoms with van der Waals surface area (Å²) >= 11 is 0. The fourth-order valence-electron chi connectivity index (χ4n) is 1.65. The van der Waals surface area contributed by atoms with Crippen LogP contribution in [-0.2, 0) is 4.74 Å². The molecule has 0 radical (unpaired) electrons. The predicted molar refractivity (Wildman–Crippen MR) is 71.4 cm³/mol. The van der Waals surface area contributed by atoms with Crippen LogP contribution >= 0.6 is 0 Å². The number of benzene rings is 1. The maximum atomic E-state index is 12.3. The number of methoxy groups -OCH3 is 1. The molecule has 0 fully saturated rings. The van der Waals surface area contributed by atoms with Crippen LogP contribution in [0.2, 0.25) is 0 Å². The van der Waals surface area contributed by atoms with E-state index in [4.69, 9.17) is 0 Å². The van der Waals surface area contributed by atoms with E-state index in [9.17, 15) is 9.59 Å². The van der Waals surface area contributed by atoms with Crippen LogP contribution in [0, 0.1) is 0 Å². The van der Waals surface area contributed by atoms with Crippen LogP contribution in [-0.4, -0.2) is 23.9 Å². The van der Waals surface area contributed by atoms with E-state index in [1.807, 2.05) is 6.07 Å². The molecule has 0 spiro atoms. The molecule has 1 aliphatic rings. The van der Waals surface area contributed by atoms with Gasteiger partial charge in [0.05, 0.1) is 7.11 Å². The van der Waals surface area contributed by atoms with Gasteiger partial charge in [-0.1, -0.05) is 36.4 Å². The number of carbonyl (C=O) groups is 2. The molecule has 4 heteroatoms. The summed E-state index contributed by atoms with van der Waals surface area (Å²) in [6, 6.07) is 8.90. The second-order valence-corrected chi connectivity index (χ2v) is 3.86. The lowest BCUT2D eigenvalue weighted by atomic mass is 10.0. The Bertz CT molecular complexity index is 570. The summed E-state index contributed by atoms with van der Waals surface area (Å²) in [5.41, 5.74) is 0.992. The number of carbonyl (C=O) groups excluding carboxylic acids is 2. The fraction of sp³-hybridized carbons (Fsp3) is 0.0667. The number of Topliss-reactive ketones (excluding diaryl/α,β-unsaturated/α-hetero) is 1. The summed E-state index contributed by atoms with van der Waals surface area (Å²) in [6.07, 6.45) is 7.48. The molecular formula is C15H13NO3. The first kappa shape index (κ1) is 12.8. The molecule has 0 atom stereocenters. The van der Waals surface area contributed by atoms with Crippen molar-refractivity contribution in [3.63, 3.8) is 0 Å². The standard InChI is InChI=1S/C15H13NO3/c1-19-15(18)16-10-6-5-9-13(11-16)14(17)12-7-3-2-4-8-12/h2-11H,1H3. The van der Waals surface area contributed by atoms with E-state index in [2.05, 4.69) is 4.74 Å². The second-order valence-electron chi connectivity index (χ2n) is 3.86. The average Bonchev–Trinajstić information content (AvgIpc) is 2.72. The number of hydrogen-bond acceptors (Lipinski definition) is 3. The van der Waals surface area contributed by atoms with Crippen molar-refractivity contribution in [1.82, 2.24) is 4.90 Å². The van der Waals surface area contributed by atoms with E-state index >= 15 is 0 Å². The minimum absolute atomic E-state index is 0.144. The van der Waals surface area contributed by atoms with Gasteiger partial charge in [-0.05, 0) is 12.2 Å². The highest BCUT2D eigenvalue weighted by atomic mass is 16.5. The van der Waals surface area contributed by atoms with Crippen molar-refractivity contribution in [1.29, 1.82) is 0 Å². The Morgan fingerprint density at radius 2 is 1.84 bits per heavy atom. The minimum Gasteiger partial charge on any atom is -0.452 e. The normalized spacial score (nSPS) is 13.7. The van der Waals surface area contributed by atoms with Crippen LogP contribution < -0.4 is 0 Å². The number of amides is 1. The maximum Gasteiger partial charge on any atom is 0.417 e. The lowest BCUT2D eigenvalue weighted by molar-refractivity contribution is 0.103. The molecular weight excluding hydrogens is 242 g/mol. The first-order chi connectivity index (χ1) is 9.22. The van der Waals surface area contributed by atoms with Crippen LogP contribution in [0.3, 0.4) is 0 Å². The molecule has 0 bridgehead atoms. The summed E-state index contributed by atoms with van der Waals surface area (Å²) in [6.45, 7) is 0. The van der Waals surface area contributed by atoms with Crippen molar-refractivity contribution < 1.29 is 14.3 Å². The Balaban J connectivity index is 2.30. The third-order valence-electron chi connectivity index (χ3n) is 2.60. The molecule has 1 amide bonds. The van der Waals surface area contributed by atoms with E-state index in [0.29, 0.717) is 11.1 Å². The van der Waals surface area contributed by atoms with Crippen LogP contribution in [0.1, 0.15) is 10.4 Å². The number of nitrogens with zero attached hydrogens (tertiary/aromatic N) is 1. The van der Waals surface area contributed by atoms with Crippen LogP contribution in [0.25, 0.3) is 0 Å². The molecule has 96 valence electrons. The lowest BCUT2D eigenvalue weighted by Gasteiger charge is -2.12. The van der Waals surface area contributed by atoms with Crippen molar-refractivity contribution in [2.45, 2.75) is 0 Å². The maximum absolute atomic E-state index is 12.3. The van der Waals surface area contributed by atoms with Gasteiger partial charge in [0.2, 0.25) is 0 Å². The van der Waals surface area contributed by atoms with Crippen molar-refractivity contribution in [2.75, 3.05) is 7.11 Å². The third kappa shape index (κ3) is 2.98. The molecule has 0 saturated carbocycles. The molecule has 0 aliphatic carbocycles. The zero-order chi connectivity index (χ0) is 13.7. The molecule has 0 saturated heterocycles. The number of allylic oxidation sites excluding steroid dienone is 4. The Labute approximate surface area is 111 Å². The van der Waals surface area contributed by atoms with Crippen molar-refractivity contribution >= 4 is 11.9 Å². The Hall–Kier alpha value is -2.62. The molecule has 1 aromatic carbocycles. The highest BCUT2D eigenvalue weighted by Crippen LogP contribution is 2.14. The van der Waals surface area contributed by atoms with Gasteiger partial charge in [0.15, 0.2) is 5.78 Å². The van der Waals surface area contributed by atoms with E-state index in [1.165, 1.54) is 24.4 Å². The van der Waals surface area contributed by atoms with E-state index < -0.39 is 6.09 Å². The number of rotatable bonds is 2. The van der Waals surface area contributed by atoms with Gasteiger partial charge in [0, 0.05) is 23.5 Å². The van der Waals surface area contributed by atoms with Gasteiger partial charge < -0.3 is 4.74 Å². The van der Waals surface area contributed by atoms with Crippen molar-refractivity contribution in [2.24, 2.45) is 0 Å². The Morgan fingerprint density at radius 3 is 2.53 bits per heavy atom. The minimum atomic E-state index is -0.543. The van der Waals surface area contributed by atoms with Crippen LogP contribution in [0.4, 0.5) is 4.79 Å². The van der Waals surface area contributed by atoms with Gasteiger partial charge in [-0.2, -0.15) is 0 Å². The highest BCUT2D eigenvalue weighted by Gasteiger charge is 2.15. The molecule has 0 N–H and O–H groups in total. The molecule has 4 nitrogen and oxygen atoms in total. The lowest BCUT2D eigenvalue weighted by Crippen LogP contribution is -2.20. The topological polar surface area (TPSA) is 46.6 Å². The van der Waals surface area contributed by atoms with Gasteiger partial charge in [-0.3, -0.25) is 9.69 Å². The SMILES string of the molecule is COC(=O)N1C=CC=CC(C(=O)c2ccccc2)=C1. The molecule has 2 rings (SSSR count). The van der Waals surface area contributed by atoms with Gasteiger partial charge in [-0.25, -0.2) is 4.79 Å². The van der Waals surface area contributed by atoms with Crippen molar-refractivity contribution in [3.8, 4) is 0 Å². The van der Waals surface area contributed by atoms with E-state index in [1.54, 1.807) is 42.5 Å². The molecule has 19 heavy (non-hydrogen) atoms. The Morgan fingerprint density at radius 1 is 1.11 bits per heavy atom. The van der Waals surface area contributed by atoms with Gasteiger partial charge >= 0.3 is 6.09 Å². The zero-order valence-corrected chi connectivity index (χ0v) is 10.4. The van der Waals surface area contributed by atoms with E-state index in [0.717, 1.165) is 0 Å². The fourth-order valence-corrected chi connectivity index (χ4v) is 1.65. The summed E-state index contributed by atoms with van der Waals surface area (Å²) in [4.78, 5) is 25.0. The Kier molecular flexibility index (Phi) is 3.93. The third-order valence-corrected chi connectivity index (χ3v) is 2.60. The smallest absolute Gasteiger partial charge is 0.417 e. The molecule has 1 heterocycles. The highest BCUT2D eigenvalue weighted by molar-refractivity contribution is 6.10. The van der Waals surface area contributed by atoms with Gasteiger partial charge in [0.1, 0.15) is 0 Å². The number of ketones is 1.